The molecule has 146 valence electrons. The van der Waals surface area contributed by atoms with Crippen molar-refractivity contribution in [2.75, 3.05) is 20.2 Å². The maximum absolute atomic E-state index is 13.1. The van der Waals surface area contributed by atoms with E-state index >= 15 is 0 Å². The van der Waals surface area contributed by atoms with Gasteiger partial charge in [0.25, 0.3) is 0 Å². The molecule has 1 saturated heterocycles. The Bertz CT molecular complexity index is 744. The lowest BCUT2D eigenvalue weighted by molar-refractivity contribution is -0.126. The lowest BCUT2D eigenvalue weighted by Gasteiger charge is -2.36. The number of esters is 1. The summed E-state index contributed by atoms with van der Waals surface area (Å²) in [4.78, 5) is 24.2. The first-order chi connectivity index (χ1) is 12.3. The highest BCUT2D eigenvalue weighted by Gasteiger charge is 2.39. The zero-order chi connectivity index (χ0) is 19.3. The number of nitrogens with one attached hydrogen (secondary N) is 1. The van der Waals surface area contributed by atoms with Crippen molar-refractivity contribution in [1.29, 1.82) is 0 Å². The van der Waals surface area contributed by atoms with Gasteiger partial charge in [-0.25, -0.2) is 13.2 Å². The summed E-state index contributed by atoms with van der Waals surface area (Å²) in [6, 6.07) is 1.19. The number of rotatable bonds is 7. The van der Waals surface area contributed by atoms with Crippen LogP contribution in [0.2, 0.25) is 0 Å². The first kappa shape index (κ1) is 20.9. The van der Waals surface area contributed by atoms with Crippen LogP contribution in [-0.2, 0) is 19.6 Å². The summed E-state index contributed by atoms with van der Waals surface area (Å²) >= 11 is 1.04. The fraction of sp³-hybridized carbons (Fsp3) is 0.647. The second-order valence-electron chi connectivity index (χ2n) is 6.45. The van der Waals surface area contributed by atoms with E-state index in [-0.39, 0.29) is 34.2 Å². The van der Waals surface area contributed by atoms with E-state index in [0.717, 1.165) is 24.2 Å². The van der Waals surface area contributed by atoms with Gasteiger partial charge in [0.1, 0.15) is 9.77 Å². The predicted molar refractivity (Wildman–Crippen MR) is 99.7 cm³/mol. The molecular weight excluding hydrogens is 376 g/mol. The van der Waals surface area contributed by atoms with Crippen LogP contribution in [0.5, 0.6) is 0 Å². The van der Waals surface area contributed by atoms with Crippen LogP contribution in [0.15, 0.2) is 16.3 Å². The van der Waals surface area contributed by atoms with Crippen LogP contribution >= 0.6 is 11.3 Å². The third-order valence-electron chi connectivity index (χ3n) is 4.61. The Morgan fingerprint density at radius 2 is 2.12 bits per heavy atom. The largest absolute Gasteiger partial charge is 0.465 e. The lowest BCUT2D eigenvalue weighted by atomic mass is 9.94. The van der Waals surface area contributed by atoms with Crippen molar-refractivity contribution in [1.82, 2.24) is 9.62 Å². The maximum atomic E-state index is 13.1. The summed E-state index contributed by atoms with van der Waals surface area (Å²) in [6.07, 6.45) is 3.13. The minimum Gasteiger partial charge on any atom is -0.465 e. The topological polar surface area (TPSA) is 92.8 Å². The minimum atomic E-state index is -3.88. The van der Waals surface area contributed by atoms with Crippen LogP contribution in [0.25, 0.3) is 0 Å². The van der Waals surface area contributed by atoms with Crippen LogP contribution < -0.4 is 5.32 Å². The number of hydrogen-bond acceptors (Lipinski definition) is 6. The Balaban J connectivity index is 2.21. The number of methoxy groups -OCH3 is 1. The number of carbonyl (C=O) groups excluding carboxylic acids is 2. The zero-order valence-electron chi connectivity index (χ0n) is 15.4. The van der Waals surface area contributed by atoms with Crippen LogP contribution in [-0.4, -0.2) is 50.8 Å². The Morgan fingerprint density at radius 3 is 2.77 bits per heavy atom. The molecule has 0 bridgehead atoms. The van der Waals surface area contributed by atoms with Gasteiger partial charge in [-0.3, -0.25) is 4.79 Å². The van der Waals surface area contributed by atoms with Gasteiger partial charge in [-0.05, 0) is 37.6 Å². The van der Waals surface area contributed by atoms with E-state index in [1.54, 1.807) is 5.38 Å². The van der Waals surface area contributed by atoms with E-state index in [9.17, 15) is 18.0 Å². The summed E-state index contributed by atoms with van der Waals surface area (Å²) in [5.74, 6) is -1.15. The zero-order valence-corrected chi connectivity index (χ0v) is 17.0. The quantitative estimate of drug-likeness (QED) is 0.558. The summed E-state index contributed by atoms with van der Waals surface area (Å²) in [6.45, 7) is 4.60. The highest BCUT2D eigenvalue weighted by molar-refractivity contribution is 7.89. The van der Waals surface area contributed by atoms with E-state index in [2.05, 4.69) is 10.1 Å². The molecule has 0 radical (unpaired) electrons. The van der Waals surface area contributed by atoms with Crippen molar-refractivity contribution in [2.24, 2.45) is 5.92 Å². The SMILES string of the molecule is CCCCNC(=O)[C@H]1CC[C@H](C)N(S(=O)(=O)c2ccsc2C(=O)OC)C1. The smallest absolute Gasteiger partial charge is 0.349 e. The number of unbranched alkanes of at least 4 members (excludes halogenated alkanes) is 1. The molecule has 1 amide bonds. The van der Waals surface area contributed by atoms with Crippen molar-refractivity contribution in [2.45, 2.75) is 50.5 Å². The second-order valence-corrected chi connectivity index (χ2v) is 9.22. The molecule has 2 atom stereocenters. The molecule has 1 N–H and O–H groups in total. The molecule has 1 aliphatic rings. The monoisotopic (exact) mass is 402 g/mol. The van der Waals surface area contributed by atoms with E-state index in [4.69, 9.17) is 0 Å². The van der Waals surface area contributed by atoms with Crippen LogP contribution in [0.1, 0.15) is 49.2 Å². The molecule has 1 aliphatic heterocycles. The number of carbonyl (C=O) groups is 2. The Labute approximate surface area is 158 Å². The number of hydrogen-bond donors (Lipinski definition) is 1. The minimum absolute atomic E-state index is 0.0479. The van der Waals surface area contributed by atoms with Gasteiger partial charge in [0, 0.05) is 19.1 Å². The molecule has 26 heavy (non-hydrogen) atoms. The van der Waals surface area contributed by atoms with E-state index in [0.29, 0.717) is 19.4 Å². The standard InChI is InChI=1S/C17H26N2O5S2/c1-4-5-9-18-16(20)13-7-6-12(2)19(11-13)26(22,23)14-8-10-25-15(14)17(21)24-3/h8,10,12-13H,4-7,9,11H2,1-3H3,(H,18,20)/t12-,13-/m0/s1. The highest BCUT2D eigenvalue weighted by Crippen LogP contribution is 2.32. The highest BCUT2D eigenvalue weighted by atomic mass is 32.2. The average molecular weight is 403 g/mol. The fourth-order valence-corrected chi connectivity index (χ4v) is 6.04. The van der Waals surface area contributed by atoms with Crippen molar-refractivity contribution in [3.05, 3.63) is 16.3 Å². The van der Waals surface area contributed by atoms with Crippen LogP contribution in [0.3, 0.4) is 0 Å². The lowest BCUT2D eigenvalue weighted by Crippen LogP contribution is -2.49. The molecule has 2 heterocycles. The maximum Gasteiger partial charge on any atom is 0.349 e. The molecule has 2 rings (SSSR count). The average Bonchev–Trinajstić information content (AvgIpc) is 3.12. The molecule has 0 saturated carbocycles. The van der Waals surface area contributed by atoms with Crippen LogP contribution in [0, 0.1) is 5.92 Å². The third-order valence-corrected chi connectivity index (χ3v) is 7.66. The molecule has 1 fully saturated rings. The molecule has 7 nitrogen and oxygen atoms in total. The Morgan fingerprint density at radius 1 is 1.38 bits per heavy atom. The van der Waals surface area contributed by atoms with Crippen molar-refractivity contribution >= 4 is 33.2 Å². The molecule has 0 unspecified atom stereocenters. The molecule has 1 aromatic rings. The number of ether oxygens (including phenoxy) is 1. The Kier molecular flexibility index (Phi) is 7.19. The van der Waals surface area contributed by atoms with E-state index in [1.807, 2.05) is 13.8 Å². The first-order valence-corrected chi connectivity index (χ1v) is 11.1. The number of amides is 1. The summed E-state index contributed by atoms with van der Waals surface area (Å²) in [5.41, 5.74) is 0. The molecule has 9 heteroatoms. The van der Waals surface area contributed by atoms with Gasteiger partial charge in [0.2, 0.25) is 15.9 Å². The molecule has 0 aromatic carbocycles. The van der Waals surface area contributed by atoms with E-state index < -0.39 is 16.0 Å². The summed E-state index contributed by atoms with van der Waals surface area (Å²) in [7, 11) is -2.66. The molecule has 0 aliphatic carbocycles. The van der Waals surface area contributed by atoms with Crippen molar-refractivity contribution in [3.63, 3.8) is 0 Å². The molecular formula is C17H26N2O5S2. The Hall–Kier alpha value is -1.45. The number of sulfonamides is 1. The van der Waals surface area contributed by atoms with Gasteiger partial charge in [0.05, 0.1) is 13.0 Å². The normalized spacial score (nSPS) is 21.3. The van der Waals surface area contributed by atoms with E-state index in [1.165, 1.54) is 17.5 Å². The van der Waals surface area contributed by atoms with Gasteiger partial charge in [-0.2, -0.15) is 4.31 Å². The van der Waals surface area contributed by atoms with Gasteiger partial charge >= 0.3 is 5.97 Å². The van der Waals surface area contributed by atoms with Crippen molar-refractivity contribution < 1.29 is 22.7 Å². The fourth-order valence-electron chi connectivity index (χ4n) is 3.03. The van der Waals surface area contributed by atoms with Gasteiger partial charge in [-0.1, -0.05) is 13.3 Å². The summed E-state index contributed by atoms with van der Waals surface area (Å²) in [5, 5.41) is 4.44. The van der Waals surface area contributed by atoms with Crippen molar-refractivity contribution in [3.8, 4) is 0 Å². The van der Waals surface area contributed by atoms with Crippen LogP contribution in [0.4, 0.5) is 0 Å². The number of nitrogens with zero attached hydrogens (tertiary/aromatic N) is 1. The van der Waals surface area contributed by atoms with Gasteiger partial charge in [-0.15, -0.1) is 11.3 Å². The number of piperidine rings is 1. The molecule has 1 aromatic heterocycles. The predicted octanol–water partition coefficient (Wildman–Crippen LogP) is 2.24. The van der Waals surface area contributed by atoms with Gasteiger partial charge in [0.15, 0.2) is 0 Å². The number of thiophene rings is 1. The summed E-state index contributed by atoms with van der Waals surface area (Å²) < 4.78 is 32.3. The third kappa shape index (κ3) is 4.44. The molecule has 0 spiro atoms. The first-order valence-electron chi connectivity index (χ1n) is 8.78. The van der Waals surface area contributed by atoms with Gasteiger partial charge < -0.3 is 10.1 Å². The second kappa shape index (κ2) is 8.96.